The van der Waals surface area contributed by atoms with Crippen molar-refractivity contribution in [2.45, 2.75) is 24.2 Å². The first-order valence-electron chi connectivity index (χ1n) is 10.2. The van der Waals surface area contributed by atoms with Crippen LogP contribution in [-0.2, 0) is 25.8 Å². The number of rotatable bonds is 8. The molecule has 31 heavy (non-hydrogen) atoms. The third-order valence-electron chi connectivity index (χ3n) is 5.10. The Bertz CT molecular complexity index is 986. The third-order valence-corrected chi connectivity index (χ3v) is 6.23. The number of amides is 2. The van der Waals surface area contributed by atoms with Gasteiger partial charge < -0.3 is 14.5 Å². The summed E-state index contributed by atoms with van der Waals surface area (Å²) in [5, 5.41) is 0. The van der Waals surface area contributed by atoms with E-state index in [1.54, 1.807) is 28.1 Å². The Morgan fingerprint density at radius 1 is 0.968 bits per heavy atom. The van der Waals surface area contributed by atoms with Crippen LogP contribution in [0.25, 0.3) is 0 Å². The molecular formula is C22H27N3O5S. The lowest BCUT2D eigenvalue weighted by atomic mass is 10.2. The van der Waals surface area contributed by atoms with Crippen molar-refractivity contribution in [2.24, 2.45) is 0 Å². The van der Waals surface area contributed by atoms with Crippen LogP contribution in [0.3, 0.4) is 0 Å². The Morgan fingerprint density at radius 3 is 2.19 bits per heavy atom. The van der Waals surface area contributed by atoms with Gasteiger partial charge in [-0.1, -0.05) is 6.07 Å². The number of pyridine rings is 1. The van der Waals surface area contributed by atoms with Crippen molar-refractivity contribution >= 4 is 21.7 Å². The van der Waals surface area contributed by atoms with E-state index >= 15 is 0 Å². The van der Waals surface area contributed by atoms with E-state index in [0.717, 1.165) is 11.9 Å². The number of aromatic nitrogens is 1. The Hall–Kier alpha value is -2.94. The van der Waals surface area contributed by atoms with Crippen LogP contribution in [0.15, 0.2) is 53.6 Å². The second-order valence-electron chi connectivity index (χ2n) is 7.46. The zero-order chi connectivity index (χ0) is 22.3. The highest BCUT2D eigenvalue weighted by molar-refractivity contribution is 7.90. The molecule has 0 bridgehead atoms. The van der Waals surface area contributed by atoms with Gasteiger partial charge in [0.25, 0.3) is 0 Å². The van der Waals surface area contributed by atoms with E-state index in [4.69, 9.17) is 4.74 Å². The molecule has 2 heterocycles. The van der Waals surface area contributed by atoms with Crippen LogP contribution >= 0.6 is 0 Å². The number of hydrogen-bond acceptors (Lipinski definition) is 6. The average molecular weight is 446 g/mol. The number of sulfone groups is 1. The summed E-state index contributed by atoms with van der Waals surface area (Å²) in [6.07, 6.45) is 4.03. The van der Waals surface area contributed by atoms with Gasteiger partial charge in [0.1, 0.15) is 5.75 Å². The van der Waals surface area contributed by atoms with Gasteiger partial charge in [0.2, 0.25) is 11.8 Å². The molecule has 2 aromatic rings. The molecule has 1 aliphatic rings. The number of hydrogen-bond donors (Lipinski definition) is 0. The van der Waals surface area contributed by atoms with Gasteiger partial charge in [0, 0.05) is 50.7 Å². The lowest BCUT2D eigenvalue weighted by molar-refractivity contribution is -0.139. The van der Waals surface area contributed by atoms with Crippen LogP contribution in [0.2, 0.25) is 0 Å². The highest BCUT2D eigenvalue weighted by Gasteiger charge is 2.24. The molecule has 3 rings (SSSR count). The summed E-state index contributed by atoms with van der Waals surface area (Å²) < 4.78 is 28.5. The van der Waals surface area contributed by atoms with Crippen LogP contribution in [0.4, 0.5) is 0 Å². The second kappa shape index (κ2) is 10.4. The molecule has 0 spiro atoms. The number of benzene rings is 1. The maximum absolute atomic E-state index is 12.4. The number of piperazine rings is 1. The molecule has 0 unspecified atom stereocenters. The van der Waals surface area contributed by atoms with Crippen molar-refractivity contribution in [2.75, 3.05) is 39.0 Å². The van der Waals surface area contributed by atoms with Crippen LogP contribution in [0.5, 0.6) is 5.75 Å². The summed E-state index contributed by atoms with van der Waals surface area (Å²) >= 11 is 0. The average Bonchev–Trinajstić information content (AvgIpc) is 2.77. The molecule has 2 amide bonds. The summed E-state index contributed by atoms with van der Waals surface area (Å²) in [7, 11) is -3.23. The zero-order valence-corrected chi connectivity index (χ0v) is 18.4. The van der Waals surface area contributed by atoms with E-state index in [-0.39, 0.29) is 23.1 Å². The fourth-order valence-electron chi connectivity index (χ4n) is 3.33. The predicted molar refractivity (Wildman–Crippen MR) is 115 cm³/mol. The Balaban J connectivity index is 1.35. The monoisotopic (exact) mass is 445 g/mol. The molecule has 1 aromatic carbocycles. The standard InChI is InChI=1S/C22H27N3O5S/c1-31(28,29)20-9-7-19(8-10-20)30-16-4-6-21(26)24-12-14-25(15-13-24)22(27)17-18-5-2-3-11-23-18/h2-3,5,7-11H,4,6,12-17H2,1H3. The topological polar surface area (TPSA) is 96.9 Å². The maximum Gasteiger partial charge on any atom is 0.228 e. The van der Waals surface area contributed by atoms with Crippen molar-refractivity contribution in [3.05, 3.63) is 54.4 Å². The first-order valence-corrected chi connectivity index (χ1v) is 12.1. The highest BCUT2D eigenvalue weighted by Crippen LogP contribution is 2.16. The minimum atomic E-state index is -3.23. The quantitative estimate of drug-likeness (QED) is 0.572. The van der Waals surface area contributed by atoms with Gasteiger partial charge in [-0.15, -0.1) is 0 Å². The van der Waals surface area contributed by atoms with Gasteiger partial charge in [0.05, 0.1) is 17.9 Å². The molecule has 1 aromatic heterocycles. The van der Waals surface area contributed by atoms with Gasteiger partial charge >= 0.3 is 0 Å². The Kier molecular flexibility index (Phi) is 7.62. The number of carbonyl (C=O) groups is 2. The van der Waals surface area contributed by atoms with E-state index in [9.17, 15) is 18.0 Å². The van der Waals surface area contributed by atoms with Gasteiger partial charge in [-0.2, -0.15) is 0 Å². The summed E-state index contributed by atoms with van der Waals surface area (Å²) in [6, 6.07) is 11.7. The largest absolute Gasteiger partial charge is 0.494 e. The minimum Gasteiger partial charge on any atom is -0.494 e. The first kappa shape index (κ1) is 22.7. The molecular weight excluding hydrogens is 418 g/mol. The second-order valence-corrected chi connectivity index (χ2v) is 9.47. The van der Waals surface area contributed by atoms with Crippen molar-refractivity contribution in [3.8, 4) is 5.75 Å². The molecule has 8 nitrogen and oxygen atoms in total. The first-order chi connectivity index (χ1) is 14.8. The lowest BCUT2D eigenvalue weighted by Crippen LogP contribution is -2.51. The molecule has 1 fully saturated rings. The summed E-state index contributed by atoms with van der Waals surface area (Å²) in [5.41, 5.74) is 0.747. The molecule has 0 N–H and O–H groups in total. The highest BCUT2D eigenvalue weighted by atomic mass is 32.2. The Morgan fingerprint density at radius 2 is 1.61 bits per heavy atom. The molecule has 166 valence electrons. The molecule has 0 radical (unpaired) electrons. The zero-order valence-electron chi connectivity index (χ0n) is 17.6. The number of carbonyl (C=O) groups excluding carboxylic acids is 2. The van der Waals surface area contributed by atoms with E-state index in [1.807, 2.05) is 18.2 Å². The fourth-order valence-corrected chi connectivity index (χ4v) is 3.96. The van der Waals surface area contributed by atoms with Crippen LogP contribution < -0.4 is 4.74 Å². The number of ether oxygens (including phenoxy) is 1. The summed E-state index contributed by atoms with van der Waals surface area (Å²) in [5.74, 6) is 0.647. The normalized spacial score (nSPS) is 14.4. The van der Waals surface area contributed by atoms with Crippen molar-refractivity contribution < 1.29 is 22.7 Å². The van der Waals surface area contributed by atoms with E-state index in [1.165, 1.54) is 12.1 Å². The fraction of sp³-hybridized carbons (Fsp3) is 0.409. The van der Waals surface area contributed by atoms with Crippen LogP contribution in [0.1, 0.15) is 18.5 Å². The predicted octanol–water partition coefficient (Wildman–Crippen LogP) is 1.56. The third kappa shape index (κ3) is 6.78. The van der Waals surface area contributed by atoms with Crippen molar-refractivity contribution in [1.82, 2.24) is 14.8 Å². The SMILES string of the molecule is CS(=O)(=O)c1ccc(OCCCC(=O)N2CCN(C(=O)Cc3ccccn3)CC2)cc1. The van der Waals surface area contributed by atoms with Gasteiger partial charge in [-0.05, 0) is 42.8 Å². The molecule has 1 saturated heterocycles. The molecule has 9 heteroatoms. The van der Waals surface area contributed by atoms with Gasteiger partial charge in [0.15, 0.2) is 9.84 Å². The molecule has 0 aliphatic carbocycles. The van der Waals surface area contributed by atoms with Gasteiger partial charge in [-0.25, -0.2) is 8.42 Å². The Labute approximate surface area is 182 Å². The summed E-state index contributed by atoms with van der Waals surface area (Å²) in [6.45, 7) is 2.48. The molecule has 0 saturated carbocycles. The van der Waals surface area contributed by atoms with Gasteiger partial charge in [-0.3, -0.25) is 14.6 Å². The summed E-state index contributed by atoms with van der Waals surface area (Å²) in [4.78, 5) is 32.8. The minimum absolute atomic E-state index is 0.0288. The number of nitrogens with zero attached hydrogens (tertiary/aromatic N) is 3. The smallest absolute Gasteiger partial charge is 0.228 e. The lowest BCUT2D eigenvalue weighted by Gasteiger charge is -2.35. The van der Waals surface area contributed by atoms with Crippen LogP contribution in [0, 0.1) is 0 Å². The van der Waals surface area contributed by atoms with Crippen LogP contribution in [-0.4, -0.2) is 74.1 Å². The van der Waals surface area contributed by atoms with E-state index < -0.39 is 9.84 Å². The van der Waals surface area contributed by atoms with Crippen molar-refractivity contribution in [3.63, 3.8) is 0 Å². The van der Waals surface area contributed by atoms with E-state index in [0.29, 0.717) is 51.4 Å². The van der Waals surface area contributed by atoms with E-state index in [2.05, 4.69) is 4.98 Å². The molecule has 0 atom stereocenters. The molecule has 1 aliphatic heterocycles. The van der Waals surface area contributed by atoms with Crippen molar-refractivity contribution in [1.29, 1.82) is 0 Å². The maximum atomic E-state index is 12.4.